The smallest absolute Gasteiger partial charge is 0.262 e. The van der Waals surface area contributed by atoms with Crippen LogP contribution in [0.3, 0.4) is 0 Å². The van der Waals surface area contributed by atoms with Crippen LogP contribution in [0.2, 0.25) is 0 Å². The first-order valence-corrected chi connectivity index (χ1v) is 10.5. The summed E-state index contributed by atoms with van der Waals surface area (Å²) in [5, 5.41) is 6.29. The zero-order valence-corrected chi connectivity index (χ0v) is 16.9. The average molecular weight is 390 g/mol. The van der Waals surface area contributed by atoms with Crippen molar-refractivity contribution >= 4 is 28.1 Å². The number of carbonyl (C=O) groups excluding carboxylic acids is 1. The fourth-order valence-electron chi connectivity index (χ4n) is 5.06. The molecule has 6 rings (SSSR count). The number of amides is 1. The van der Waals surface area contributed by atoms with Crippen LogP contribution < -0.4 is 10.2 Å². The van der Waals surface area contributed by atoms with Gasteiger partial charge in [-0.1, -0.05) is 60.7 Å². The number of para-hydroxylation sites is 2. The first-order chi connectivity index (χ1) is 14.7. The standard InChI is InChI=1S/C27H22N2O/c1-17-7-2-5-12-24(17)29-26(28-23-11-4-3-9-22(23)27(29)30)21-16-15-19-14-13-18-8-6-10-20(21)25(18)19/h2-12,15-16,26,28H,13-14H2,1H3. The van der Waals surface area contributed by atoms with Crippen molar-refractivity contribution in [1.82, 2.24) is 0 Å². The highest BCUT2D eigenvalue weighted by Gasteiger charge is 2.35. The number of nitrogens with zero attached hydrogens (tertiary/aromatic N) is 1. The van der Waals surface area contributed by atoms with Crippen LogP contribution >= 0.6 is 0 Å². The van der Waals surface area contributed by atoms with Crippen LogP contribution in [-0.4, -0.2) is 5.91 Å². The summed E-state index contributed by atoms with van der Waals surface area (Å²) in [4.78, 5) is 15.6. The second-order valence-electron chi connectivity index (χ2n) is 8.21. The molecule has 0 saturated heterocycles. The molecule has 30 heavy (non-hydrogen) atoms. The van der Waals surface area contributed by atoms with Gasteiger partial charge >= 0.3 is 0 Å². The Bertz CT molecular complexity index is 1310. The Morgan fingerprint density at radius 1 is 0.833 bits per heavy atom. The number of hydrogen-bond acceptors (Lipinski definition) is 2. The topological polar surface area (TPSA) is 32.3 Å². The Hall–Kier alpha value is -3.59. The highest BCUT2D eigenvalue weighted by atomic mass is 16.2. The zero-order valence-electron chi connectivity index (χ0n) is 16.9. The van der Waals surface area contributed by atoms with Gasteiger partial charge in [-0.3, -0.25) is 9.69 Å². The molecule has 0 fully saturated rings. The predicted octanol–water partition coefficient (Wildman–Crippen LogP) is 6.02. The SMILES string of the molecule is Cc1ccccc1N1C(=O)c2ccccc2NC1c1ccc2c3c(cccc13)CC2. The molecule has 0 aromatic heterocycles. The molecule has 1 heterocycles. The Labute approximate surface area is 176 Å². The van der Waals surface area contributed by atoms with Crippen molar-refractivity contribution in [3.05, 3.63) is 107 Å². The lowest BCUT2D eigenvalue weighted by atomic mass is 9.95. The molecule has 0 spiro atoms. The molecule has 4 aromatic carbocycles. The van der Waals surface area contributed by atoms with E-state index in [0.717, 1.165) is 35.3 Å². The number of carbonyl (C=O) groups is 1. The molecule has 1 aliphatic carbocycles. The number of anilines is 2. The average Bonchev–Trinajstić information content (AvgIpc) is 3.20. The molecular formula is C27H22N2O. The molecule has 1 unspecified atom stereocenters. The van der Waals surface area contributed by atoms with E-state index in [1.165, 1.54) is 21.9 Å². The van der Waals surface area contributed by atoms with Gasteiger partial charge in [0.1, 0.15) is 6.17 Å². The van der Waals surface area contributed by atoms with Crippen LogP contribution in [0.5, 0.6) is 0 Å². The highest BCUT2D eigenvalue weighted by Crippen LogP contribution is 2.42. The Kier molecular flexibility index (Phi) is 3.72. The van der Waals surface area contributed by atoms with Crippen molar-refractivity contribution in [3.63, 3.8) is 0 Å². The second-order valence-corrected chi connectivity index (χ2v) is 8.21. The fraction of sp³-hybridized carbons (Fsp3) is 0.148. The van der Waals surface area contributed by atoms with Gasteiger partial charge in [0.25, 0.3) is 5.91 Å². The van der Waals surface area contributed by atoms with Crippen LogP contribution in [0.15, 0.2) is 78.9 Å². The van der Waals surface area contributed by atoms with E-state index in [9.17, 15) is 4.79 Å². The van der Waals surface area contributed by atoms with Crippen LogP contribution in [0.25, 0.3) is 10.8 Å². The summed E-state index contributed by atoms with van der Waals surface area (Å²) < 4.78 is 0. The zero-order chi connectivity index (χ0) is 20.2. The van der Waals surface area contributed by atoms with E-state index >= 15 is 0 Å². The molecule has 3 heteroatoms. The highest BCUT2D eigenvalue weighted by molar-refractivity contribution is 6.13. The number of nitrogens with one attached hydrogen (secondary N) is 1. The van der Waals surface area contributed by atoms with Crippen molar-refractivity contribution in [2.45, 2.75) is 25.9 Å². The van der Waals surface area contributed by atoms with Crippen molar-refractivity contribution in [3.8, 4) is 0 Å². The van der Waals surface area contributed by atoms with Gasteiger partial charge in [-0.2, -0.15) is 0 Å². The van der Waals surface area contributed by atoms with Crippen molar-refractivity contribution in [2.24, 2.45) is 0 Å². The lowest BCUT2D eigenvalue weighted by Crippen LogP contribution is -2.43. The number of hydrogen-bond donors (Lipinski definition) is 1. The predicted molar refractivity (Wildman–Crippen MR) is 122 cm³/mol. The Morgan fingerprint density at radius 3 is 2.47 bits per heavy atom. The van der Waals surface area contributed by atoms with Gasteiger partial charge in [-0.15, -0.1) is 0 Å². The molecule has 1 aliphatic heterocycles. The fourth-order valence-corrected chi connectivity index (χ4v) is 5.06. The Morgan fingerprint density at radius 2 is 1.60 bits per heavy atom. The third-order valence-corrected chi connectivity index (χ3v) is 6.51. The minimum Gasteiger partial charge on any atom is -0.360 e. The molecule has 4 aromatic rings. The lowest BCUT2D eigenvalue weighted by molar-refractivity contribution is 0.0975. The van der Waals surface area contributed by atoms with Gasteiger partial charge in [0.15, 0.2) is 0 Å². The number of rotatable bonds is 2. The maximum Gasteiger partial charge on any atom is 0.262 e. The van der Waals surface area contributed by atoms with Crippen LogP contribution in [0.1, 0.15) is 38.8 Å². The van der Waals surface area contributed by atoms with E-state index in [2.05, 4.69) is 48.6 Å². The van der Waals surface area contributed by atoms with E-state index in [-0.39, 0.29) is 12.1 Å². The molecule has 0 radical (unpaired) electrons. The summed E-state index contributed by atoms with van der Waals surface area (Å²) in [6.45, 7) is 2.06. The quantitative estimate of drug-likeness (QED) is 0.454. The van der Waals surface area contributed by atoms with Crippen LogP contribution in [0, 0.1) is 6.92 Å². The maximum absolute atomic E-state index is 13.7. The van der Waals surface area contributed by atoms with E-state index in [4.69, 9.17) is 0 Å². The summed E-state index contributed by atoms with van der Waals surface area (Å²) in [5.74, 6) is 0.0342. The van der Waals surface area contributed by atoms with Gasteiger partial charge < -0.3 is 5.32 Å². The third-order valence-electron chi connectivity index (χ3n) is 6.51. The largest absolute Gasteiger partial charge is 0.360 e. The normalized spacial score (nSPS) is 17.2. The second kappa shape index (κ2) is 6.46. The van der Waals surface area contributed by atoms with Gasteiger partial charge in [0.2, 0.25) is 0 Å². The van der Waals surface area contributed by atoms with Crippen molar-refractivity contribution < 1.29 is 4.79 Å². The van der Waals surface area contributed by atoms with E-state index < -0.39 is 0 Å². The minimum atomic E-state index is -0.265. The van der Waals surface area contributed by atoms with Gasteiger partial charge in [-0.25, -0.2) is 0 Å². The van der Waals surface area contributed by atoms with Gasteiger partial charge in [0.05, 0.1) is 5.56 Å². The number of aryl methyl sites for hydroxylation is 3. The molecule has 1 amide bonds. The third kappa shape index (κ3) is 2.42. The van der Waals surface area contributed by atoms with E-state index in [1.807, 2.05) is 47.4 Å². The number of fused-ring (bicyclic) bond motifs is 1. The molecule has 1 atom stereocenters. The summed E-state index contributed by atoms with van der Waals surface area (Å²) in [6.07, 6.45) is 1.92. The van der Waals surface area contributed by atoms with E-state index in [0.29, 0.717) is 5.56 Å². The molecule has 0 saturated carbocycles. The maximum atomic E-state index is 13.7. The molecular weight excluding hydrogens is 368 g/mol. The molecule has 3 nitrogen and oxygen atoms in total. The monoisotopic (exact) mass is 390 g/mol. The first kappa shape index (κ1) is 17.3. The molecule has 2 aliphatic rings. The van der Waals surface area contributed by atoms with Gasteiger partial charge in [0, 0.05) is 16.9 Å². The summed E-state index contributed by atoms with van der Waals surface area (Å²) in [7, 11) is 0. The first-order valence-electron chi connectivity index (χ1n) is 10.5. The van der Waals surface area contributed by atoms with Crippen LogP contribution in [0.4, 0.5) is 11.4 Å². The summed E-state index contributed by atoms with van der Waals surface area (Å²) in [6, 6.07) is 27.0. The molecule has 1 N–H and O–H groups in total. The lowest BCUT2D eigenvalue weighted by Gasteiger charge is -2.39. The van der Waals surface area contributed by atoms with Gasteiger partial charge in [-0.05, 0) is 65.4 Å². The molecule has 146 valence electrons. The minimum absolute atomic E-state index is 0.0342. The van der Waals surface area contributed by atoms with Crippen molar-refractivity contribution in [2.75, 3.05) is 10.2 Å². The van der Waals surface area contributed by atoms with Crippen LogP contribution in [-0.2, 0) is 12.8 Å². The number of benzene rings is 4. The summed E-state index contributed by atoms with van der Waals surface area (Å²) >= 11 is 0. The summed E-state index contributed by atoms with van der Waals surface area (Å²) in [5.41, 5.74) is 7.59. The van der Waals surface area contributed by atoms with E-state index in [1.54, 1.807) is 0 Å². The molecule has 0 bridgehead atoms. The van der Waals surface area contributed by atoms with Crippen molar-refractivity contribution in [1.29, 1.82) is 0 Å². The Balaban J connectivity index is 1.61.